The number of hydroxylamine groups is 1. The molecule has 190 valence electrons. The SMILES string of the molecule is Cc1ccc(S(=O)(=O)NC(Cc2ccc(Oc3ccc(C(=O)NO)c(C)c3)cc2)C(=O)N(C)C)cc1. The molecule has 3 N–H and O–H groups in total. The quantitative estimate of drug-likeness (QED) is 0.299. The molecule has 0 aliphatic heterocycles. The third-order valence-electron chi connectivity index (χ3n) is 5.51. The van der Waals surface area contributed by atoms with Gasteiger partial charge in [-0.05, 0) is 73.9 Å². The van der Waals surface area contributed by atoms with Crippen molar-refractivity contribution in [1.82, 2.24) is 15.1 Å². The number of hydrogen-bond donors (Lipinski definition) is 3. The monoisotopic (exact) mass is 511 g/mol. The van der Waals surface area contributed by atoms with Crippen molar-refractivity contribution in [2.24, 2.45) is 0 Å². The number of carbonyl (C=O) groups excluding carboxylic acids is 2. The van der Waals surface area contributed by atoms with Gasteiger partial charge in [-0.3, -0.25) is 14.8 Å². The van der Waals surface area contributed by atoms with Crippen molar-refractivity contribution in [3.8, 4) is 11.5 Å². The smallest absolute Gasteiger partial charge is 0.274 e. The number of likely N-dealkylation sites (N-methyl/N-ethyl adjacent to an activating group) is 1. The molecule has 0 aromatic heterocycles. The van der Waals surface area contributed by atoms with Crippen molar-refractivity contribution < 1.29 is 28.0 Å². The summed E-state index contributed by atoms with van der Waals surface area (Å²) in [6.07, 6.45) is 0.145. The zero-order valence-corrected chi connectivity index (χ0v) is 21.3. The van der Waals surface area contributed by atoms with Crippen molar-refractivity contribution in [2.75, 3.05) is 14.1 Å². The van der Waals surface area contributed by atoms with Crippen molar-refractivity contribution in [3.63, 3.8) is 0 Å². The summed E-state index contributed by atoms with van der Waals surface area (Å²) in [4.78, 5) is 25.8. The molecule has 1 atom stereocenters. The highest BCUT2D eigenvalue weighted by Gasteiger charge is 2.27. The number of sulfonamides is 1. The van der Waals surface area contributed by atoms with Crippen LogP contribution in [0.15, 0.2) is 71.6 Å². The highest BCUT2D eigenvalue weighted by molar-refractivity contribution is 7.89. The van der Waals surface area contributed by atoms with E-state index >= 15 is 0 Å². The van der Waals surface area contributed by atoms with E-state index in [1.807, 2.05) is 6.92 Å². The highest BCUT2D eigenvalue weighted by Crippen LogP contribution is 2.25. The molecule has 0 saturated carbocycles. The summed E-state index contributed by atoms with van der Waals surface area (Å²) < 4.78 is 34.2. The summed E-state index contributed by atoms with van der Waals surface area (Å²) in [6, 6.07) is 17.2. The molecule has 0 bridgehead atoms. The van der Waals surface area contributed by atoms with Crippen LogP contribution in [-0.2, 0) is 21.2 Å². The number of ether oxygens (including phenoxy) is 1. The predicted octanol–water partition coefficient (Wildman–Crippen LogP) is 3.19. The van der Waals surface area contributed by atoms with Crippen molar-refractivity contribution in [2.45, 2.75) is 31.2 Å². The number of nitrogens with one attached hydrogen (secondary N) is 2. The van der Waals surface area contributed by atoms with Crippen molar-refractivity contribution in [1.29, 1.82) is 0 Å². The number of hydrogen-bond acceptors (Lipinski definition) is 6. The second-order valence-corrected chi connectivity index (χ2v) is 10.3. The van der Waals surface area contributed by atoms with Crippen LogP contribution in [0.3, 0.4) is 0 Å². The molecule has 0 fully saturated rings. The van der Waals surface area contributed by atoms with Gasteiger partial charge in [-0.15, -0.1) is 0 Å². The van der Waals surface area contributed by atoms with E-state index in [2.05, 4.69) is 4.72 Å². The maximum Gasteiger partial charge on any atom is 0.274 e. The Morgan fingerprint density at radius 3 is 2.11 bits per heavy atom. The molecular formula is C26H29N3O6S. The average molecular weight is 512 g/mol. The molecule has 0 heterocycles. The van der Waals surface area contributed by atoms with E-state index in [0.29, 0.717) is 22.6 Å². The fourth-order valence-corrected chi connectivity index (χ4v) is 4.73. The normalized spacial score (nSPS) is 12.0. The van der Waals surface area contributed by atoms with Crippen molar-refractivity contribution >= 4 is 21.8 Å². The number of amides is 2. The van der Waals surface area contributed by atoms with Crippen LogP contribution in [0, 0.1) is 13.8 Å². The Hall–Kier alpha value is -3.73. The van der Waals surface area contributed by atoms with Gasteiger partial charge in [0.2, 0.25) is 15.9 Å². The van der Waals surface area contributed by atoms with Crippen LogP contribution < -0.4 is 14.9 Å². The Kier molecular flexibility index (Phi) is 8.46. The lowest BCUT2D eigenvalue weighted by molar-refractivity contribution is -0.130. The van der Waals surface area contributed by atoms with Gasteiger partial charge in [-0.1, -0.05) is 29.8 Å². The van der Waals surface area contributed by atoms with Gasteiger partial charge in [0.25, 0.3) is 5.91 Å². The Balaban J connectivity index is 1.75. The van der Waals surface area contributed by atoms with E-state index < -0.39 is 22.0 Å². The van der Waals surface area contributed by atoms with Crippen molar-refractivity contribution in [3.05, 3.63) is 89.0 Å². The second kappa shape index (κ2) is 11.3. The van der Waals surface area contributed by atoms with Gasteiger partial charge in [0.05, 0.1) is 4.90 Å². The van der Waals surface area contributed by atoms with Crippen LogP contribution in [0.4, 0.5) is 0 Å². The minimum atomic E-state index is -3.91. The first-order valence-corrected chi connectivity index (χ1v) is 12.6. The Labute approximate surface area is 210 Å². The lowest BCUT2D eigenvalue weighted by Gasteiger charge is -2.22. The van der Waals surface area contributed by atoms with E-state index in [0.717, 1.165) is 11.1 Å². The molecule has 3 aromatic carbocycles. The van der Waals surface area contributed by atoms with Crippen LogP contribution in [-0.4, -0.2) is 50.5 Å². The molecule has 0 radical (unpaired) electrons. The lowest BCUT2D eigenvalue weighted by atomic mass is 10.1. The second-order valence-electron chi connectivity index (χ2n) is 8.59. The van der Waals surface area contributed by atoms with E-state index in [-0.39, 0.29) is 17.2 Å². The first kappa shape index (κ1) is 26.9. The summed E-state index contributed by atoms with van der Waals surface area (Å²) in [6.45, 7) is 3.58. The summed E-state index contributed by atoms with van der Waals surface area (Å²) >= 11 is 0. The molecule has 0 aliphatic rings. The van der Waals surface area contributed by atoms with E-state index in [9.17, 15) is 18.0 Å². The lowest BCUT2D eigenvalue weighted by Crippen LogP contribution is -2.47. The topological polar surface area (TPSA) is 125 Å². The molecule has 10 heteroatoms. The fourth-order valence-electron chi connectivity index (χ4n) is 3.54. The summed E-state index contributed by atoms with van der Waals surface area (Å²) in [5, 5.41) is 8.81. The highest BCUT2D eigenvalue weighted by atomic mass is 32.2. The van der Waals surface area contributed by atoms with Gasteiger partial charge in [-0.2, -0.15) is 4.72 Å². The Bertz CT molecular complexity index is 1340. The molecule has 3 rings (SSSR count). The van der Waals surface area contributed by atoms with Crippen LogP contribution in [0.5, 0.6) is 11.5 Å². The number of benzene rings is 3. The van der Waals surface area contributed by atoms with Gasteiger partial charge in [0.1, 0.15) is 17.5 Å². The van der Waals surface area contributed by atoms with E-state index in [4.69, 9.17) is 9.94 Å². The first-order chi connectivity index (χ1) is 17.0. The predicted molar refractivity (Wildman–Crippen MR) is 135 cm³/mol. The Morgan fingerprint density at radius 1 is 0.944 bits per heavy atom. The molecule has 0 saturated heterocycles. The summed E-state index contributed by atoms with van der Waals surface area (Å²) in [7, 11) is -0.759. The van der Waals surface area contributed by atoms with E-state index in [1.54, 1.807) is 81.1 Å². The van der Waals surface area contributed by atoms with Gasteiger partial charge in [-0.25, -0.2) is 13.9 Å². The zero-order chi connectivity index (χ0) is 26.5. The summed E-state index contributed by atoms with van der Waals surface area (Å²) in [5.41, 5.74) is 4.22. The van der Waals surface area contributed by atoms with E-state index in [1.165, 1.54) is 17.0 Å². The maximum atomic E-state index is 12.9. The minimum absolute atomic E-state index is 0.0891. The Morgan fingerprint density at radius 2 is 1.56 bits per heavy atom. The number of rotatable bonds is 9. The van der Waals surface area contributed by atoms with Gasteiger partial charge in [0, 0.05) is 19.7 Å². The van der Waals surface area contributed by atoms with Crippen LogP contribution in [0.1, 0.15) is 27.0 Å². The summed E-state index contributed by atoms with van der Waals surface area (Å²) in [5.74, 6) is 0.0474. The minimum Gasteiger partial charge on any atom is -0.457 e. The largest absolute Gasteiger partial charge is 0.457 e. The van der Waals surface area contributed by atoms with Gasteiger partial charge in [0.15, 0.2) is 0 Å². The molecule has 0 spiro atoms. The maximum absolute atomic E-state index is 12.9. The molecule has 9 nitrogen and oxygen atoms in total. The standard InChI is InChI=1S/C26H29N3O6S/c1-17-5-12-22(13-6-17)36(33,34)28-24(26(31)29(3)4)16-19-7-9-20(10-8-19)35-21-11-14-23(18(2)15-21)25(30)27-32/h5-15,24,28,32H,16H2,1-4H3,(H,27,30). The average Bonchev–Trinajstić information content (AvgIpc) is 2.84. The number of nitrogens with zero attached hydrogens (tertiary/aromatic N) is 1. The first-order valence-electron chi connectivity index (χ1n) is 11.1. The van der Waals surface area contributed by atoms with Crippen LogP contribution >= 0.6 is 0 Å². The molecule has 1 unspecified atom stereocenters. The molecule has 36 heavy (non-hydrogen) atoms. The fraction of sp³-hybridized carbons (Fsp3) is 0.231. The molecular weight excluding hydrogens is 482 g/mol. The third-order valence-corrected chi connectivity index (χ3v) is 7.00. The number of aryl methyl sites for hydroxylation is 2. The zero-order valence-electron chi connectivity index (χ0n) is 20.5. The van der Waals surface area contributed by atoms with Crippen LogP contribution in [0.2, 0.25) is 0 Å². The molecule has 2 amide bonds. The molecule has 0 aliphatic carbocycles. The third kappa shape index (κ3) is 6.69. The molecule has 3 aromatic rings. The van der Waals surface area contributed by atoms with Gasteiger partial charge < -0.3 is 9.64 Å². The van der Waals surface area contributed by atoms with Crippen LogP contribution in [0.25, 0.3) is 0 Å². The number of carbonyl (C=O) groups is 2. The van der Waals surface area contributed by atoms with Gasteiger partial charge >= 0.3 is 0 Å².